The Kier molecular flexibility index (Phi) is 6.53. The second-order valence-electron chi connectivity index (χ2n) is 9.59. The minimum Gasteiger partial charge on any atom is -0.508 e. The van der Waals surface area contributed by atoms with Gasteiger partial charge in [-0.25, -0.2) is 0 Å². The van der Waals surface area contributed by atoms with Crippen molar-refractivity contribution in [2.24, 2.45) is 0 Å². The molecule has 0 radical (unpaired) electrons. The van der Waals surface area contributed by atoms with Gasteiger partial charge in [0.1, 0.15) is 23.0 Å². The Hall–Kier alpha value is -4.76. The van der Waals surface area contributed by atoms with Crippen molar-refractivity contribution in [1.29, 1.82) is 0 Å². The number of aliphatic hydroxyl groups is 1. The van der Waals surface area contributed by atoms with Crippen molar-refractivity contribution in [2.75, 3.05) is 14.2 Å². The van der Waals surface area contributed by atoms with Gasteiger partial charge in [0.2, 0.25) is 0 Å². The van der Waals surface area contributed by atoms with Gasteiger partial charge >= 0.3 is 0 Å². The molecule has 1 aliphatic carbocycles. The number of rotatable bonds is 6. The van der Waals surface area contributed by atoms with Gasteiger partial charge in [-0.15, -0.1) is 0 Å². The average Bonchev–Trinajstić information content (AvgIpc) is 3.23. The molecule has 0 saturated carbocycles. The lowest BCUT2D eigenvalue weighted by molar-refractivity contribution is 0.134. The zero-order valence-corrected chi connectivity index (χ0v) is 21.1. The maximum Gasteiger partial charge on any atom is 0.160 e. The third-order valence-electron chi connectivity index (χ3n) is 7.35. The third kappa shape index (κ3) is 4.46. The maximum atomic E-state index is 11.8. The predicted molar refractivity (Wildman–Crippen MR) is 141 cm³/mol. The van der Waals surface area contributed by atoms with E-state index in [1.807, 2.05) is 0 Å². The number of hydrogen-bond donors (Lipinski definition) is 7. The highest BCUT2D eigenvalue weighted by Crippen LogP contribution is 2.62. The highest BCUT2D eigenvalue weighted by molar-refractivity contribution is 5.62. The van der Waals surface area contributed by atoms with Gasteiger partial charge in [-0.2, -0.15) is 0 Å². The summed E-state index contributed by atoms with van der Waals surface area (Å²) in [4.78, 5) is 0. The molecule has 0 bridgehead atoms. The number of aliphatic hydroxyl groups excluding tert-OH is 1. The maximum absolute atomic E-state index is 11.8. The summed E-state index contributed by atoms with van der Waals surface area (Å²) in [6, 6.07) is 16.0. The van der Waals surface area contributed by atoms with Crippen LogP contribution in [0.2, 0.25) is 0 Å². The van der Waals surface area contributed by atoms with Crippen LogP contribution in [-0.2, 0) is 0 Å². The Labute approximate surface area is 224 Å². The van der Waals surface area contributed by atoms with Crippen LogP contribution in [0, 0.1) is 0 Å². The zero-order valence-electron chi connectivity index (χ0n) is 21.1. The van der Waals surface area contributed by atoms with Crippen LogP contribution < -0.4 is 9.47 Å². The van der Waals surface area contributed by atoms with Crippen molar-refractivity contribution >= 4 is 0 Å². The second-order valence-corrected chi connectivity index (χ2v) is 9.59. The number of phenolic OH excluding ortho intramolecular Hbond substituents is 6. The van der Waals surface area contributed by atoms with E-state index in [0.717, 1.165) is 0 Å². The summed E-state index contributed by atoms with van der Waals surface area (Å²) >= 11 is 0. The number of phenols is 6. The van der Waals surface area contributed by atoms with Gasteiger partial charge in [0.05, 0.1) is 20.3 Å². The molecule has 0 unspecified atom stereocenters. The lowest BCUT2D eigenvalue weighted by atomic mass is 9.74. The molecule has 0 saturated heterocycles. The van der Waals surface area contributed by atoms with Gasteiger partial charge in [0.15, 0.2) is 23.0 Å². The molecular weight excluding hydrogens is 504 g/mol. The molecule has 4 aromatic rings. The van der Waals surface area contributed by atoms with Crippen LogP contribution >= 0.6 is 0 Å². The Balaban J connectivity index is 1.80. The molecule has 0 spiro atoms. The largest absolute Gasteiger partial charge is 0.508 e. The Morgan fingerprint density at radius 2 is 1.21 bits per heavy atom. The normalized spacial score (nSPS) is 18.9. The fourth-order valence-electron chi connectivity index (χ4n) is 5.76. The number of ether oxygens (including phenoxy) is 2. The van der Waals surface area contributed by atoms with Crippen LogP contribution in [0.1, 0.15) is 51.7 Å². The molecule has 4 atom stereocenters. The van der Waals surface area contributed by atoms with Crippen LogP contribution in [0.15, 0.2) is 66.7 Å². The van der Waals surface area contributed by atoms with Crippen molar-refractivity contribution < 1.29 is 45.2 Å². The van der Waals surface area contributed by atoms with Gasteiger partial charge in [0, 0.05) is 35.4 Å². The van der Waals surface area contributed by atoms with Crippen LogP contribution in [0.4, 0.5) is 0 Å². The van der Waals surface area contributed by atoms with E-state index in [2.05, 4.69) is 0 Å². The molecule has 0 fully saturated rings. The number of benzene rings is 4. The first-order valence-corrected chi connectivity index (χ1v) is 12.1. The fourth-order valence-corrected chi connectivity index (χ4v) is 5.76. The highest BCUT2D eigenvalue weighted by atomic mass is 16.5. The standard InChI is InChI=1S/C30H28O9/c1-38-24-9-14(3-5-21(24)34)26-27(16-7-17(31)11-18(32)8-16)29(20-12-19(33)13-23(36)28(20)26)30(37)15-4-6-22(35)25(10-15)39-2/h3-13,26-27,29-37H,1-2H3/t26-,27+,29+,30+/m0/s1. The number of methoxy groups -OCH3 is 2. The lowest BCUT2D eigenvalue weighted by Crippen LogP contribution is -2.18. The van der Waals surface area contributed by atoms with E-state index in [1.54, 1.807) is 18.2 Å². The molecular formula is C30H28O9. The highest BCUT2D eigenvalue weighted by Gasteiger charge is 2.48. The van der Waals surface area contributed by atoms with Crippen molar-refractivity contribution in [1.82, 2.24) is 0 Å². The zero-order chi connectivity index (χ0) is 28.0. The van der Waals surface area contributed by atoms with Gasteiger partial charge < -0.3 is 45.2 Å². The fraction of sp³-hybridized carbons (Fsp3) is 0.200. The third-order valence-corrected chi connectivity index (χ3v) is 7.35. The summed E-state index contributed by atoms with van der Waals surface area (Å²) in [7, 11) is 2.80. The number of aromatic hydroxyl groups is 6. The summed E-state index contributed by atoms with van der Waals surface area (Å²) < 4.78 is 10.6. The molecule has 0 heterocycles. The van der Waals surface area contributed by atoms with E-state index in [9.17, 15) is 35.7 Å². The van der Waals surface area contributed by atoms with Crippen molar-refractivity contribution in [3.8, 4) is 46.0 Å². The van der Waals surface area contributed by atoms with Crippen molar-refractivity contribution in [2.45, 2.75) is 23.9 Å². The van der Waals surface area contributed by atoms with Crippen LogP contribution in [0.3, 0.4) is 0 Å². The van der Waals surface area contributed by atoms with Crippen LogP contribution in [0.5, 0.6) is 46.0 Å². The SMILES string of the molecule is COc1cc([C@@H]2c3c(O)cc(O)cc3[C@@H]([C@H](O)c3ccc(O)c(OC)c3)[C@@H]2c2cc(O)cc(O)c2)ccc1O. The topological polar surface area (TPSA) is 160 Å². The van der Waals surface area contributed by atoms with Gasteiger partial charge in [-0.05, 0) is 64.7 Å². The first-order chi connectivity index (χ1) is 18.6. The smallest absolute Gasteiger partial charge is 0.160 e. The number of hydrogen-bond acceptors (Lipinski definition) is 9. The molecule has 4 aromatic carbocycles. The minimum absolute atomic E-state index is 0.0891. The first kappa shape index (κ1) is 25.9. The van der Waals surface area contributed by atoms with Crippen molar-refractivity contribution in [3.63, 3.8) is 0 Å². The summed E-state index contributed by atoms with van der Waals surface area (Å²) in [5, 5.41) is 74.5. The number of fused-ring (bicyclic) bond motifs is 1. The summed E-state index contributed by atoms with van der Waals surface area (Å²) in [6.45, 7) is 0. The monoisotopic (exact) mass is 532 g/mol. The van der Waals surface area contributed by atoms with Crippen LogP contribution in [-0.4, -0.2) is 50.0 Å². The Morgan fingerprint density at radius 1 is 0.615 bits per heavy atom. The molecule has 9 nitrogen and oxygen atoms in total. The molecule has 202 valence electrons. The van der Waals surface area contributed by atoms with Gasteiger partial charge in [-0.3, -0.25) is 0 Å². The summed E-state index contributed by atoms with van der Waals surface area (Å²) in [5.74, 6) is -2.88. The molecule has 39 heavy (non-hydrogen) atoms. The molecule has 0 amide bonds. The Morgan fingerprint density at radius 3 is 1.85 bits per heavy atom. The summed E-state index contributed by atoms with van der Waals surface area (Å²) in [5.41, 5.74) is 2.31. The van der Waals surface area contributed by atoms with E-state index in [0.29, 0.717) is 27.8 Å². The molecule has 0 aliphatic heterocycles. The minimum atomic E-state index is -1.25. The van der Waals surface area contributed by atoms with E-state index in [1.165, 1.54) is 62.8 Å². The molecule has 5 rings (SSSR count). The van der Waals surface area contributed by atoms with E-state index < -0.39 is 23.9 Å². The Bertz CT molecular complexity index is 1530. The van der Waals surface area contributed by atoms with Gasteiger partial charge in [-0.1, -0.05) is 12.1 Å². The molecule has 7 N–H and O–H groups in total. The van der Waals surface area contributed by atoms with Crippen molar-refractivity contribution in [3.05, 3.63) is 94.5 Å². The summed E-state index contributed by atoms with van der Waals surface area (Å²) in [6.07, 6.45) is -1.25. The molecule has 0 aromatic heterocycles. The van der Waals surface area contributed by atoms with E-state index in [-0.39, 0.29) is 46.0 Å². The molecule has 9 heteroatoms. The van der Waals surface area contributed by atoms with E-state index in [4.69, 9.17) is 9.47 Å². The average molecular weight is 533 g/mol. The predicted octanol–water partition coefficient (Wildman–Crippen LogP) is 4.68. The second kappa shape index (κ2) is 9.85. The van der Waals surface area contributed by atoms with Crippen LogP contribution in [0.25, 0.3) is 0 Å². The lowest BCUT2D eigenvalue weighted by Gasteiger charge is -2.30. The quantitative estimate of drug-likeness (QED) is 0.187. The molecule has 1 aliphatic rings. The van der Waals surface area contributed by atoms with E-state index >= 15 is 0 Å². The first-order valence-electron chi connectivity index (χ1n) is 12.1. The van der Waals surface area contributed by atoms with Gasteiger partial charge in [0.25, 0.3) is 0 Å².